The van der Waals surface area contributed by atoms with E-state index in [0.29, 0.717) is 12.2 Å². The molecule has 1 fully saturated rings. The minimum absolute atomic E-state index is 0.141. The molecule has 0 saturated carbocycles. The van der Waals surface area contributed by atoms with Crippen molar-refractivity contribution in [2.24, 2.45) is 5.73 Å². The van der Waals surface area contributed by atoms with Gasteiger partial charge in [-0.15, -0.1) is 0 Å². The molecule has 1 aromatic heterocycles. The molecular weight excluding hydrogens is 232 g/mol. The summed E-state index contributed by atoms with van der Waals surface area (Å²) in [7, 11) is 1.90. The van der Waals surface area contributed by atoms with Crippen LogP contribution in [0, 0.1) is 0 Å². The summed E-state index contributed by atoms with van der Waals surface area (Å²) < 4.78 is 5.62. The van der Waals surface area contributed by atoms with Crippen LogP contribution in [0.1, 0.15) is 10.4 Å². The number of likely N-dealkylation sites (N-methyl/N-ethyl adjacent to an activating group) is 1. The first-order chi connectivity index (χ1) is 8.70. The Hall–Kier alpha value is -1.66. The molecule has 1 aromatic rings. The minimum atomic E-state index is -0.432. The zero-order chi connectivity index (χ0) is 13.0. The first kappa shape index (κ1) is 12.8. The maximum absolute atomic E-state index is 11.1. The maximum atomic E-state index is 11.1. The fourth-order valence-electron chi connectivity index (χ4n) is 2.02. The van der Waals surface area contributed by atoms with Crippen molar-refractivity contribution in [3.05, 3.63) is 23.9 Å². The number of hydrogen-bond acceptors (Lipinski definition) is 5. The van der Waals surface area contributed by atoms with E-state index in [0.717, 1.165) is 25.5 Å². The highest BCUT2D eigenvalue weighted by Gasteiger charge is 2.21. The Kier molecular flexibility index (Phi) is 4.11. The quantitative estimate of drug-likeness (QED) is 0.760. The fourth-order valence-corrected chi connectivity index (χ4v) is 2.02. The maximum Gasteiger partial charge on any atom is 0.248 e. The lowest BCUT2D eigenvalue weighted by atomic mass is 10.2. The summed E-state index contributed by atoms with van der Waals surface area (Å²) in [6.45, 7) is 2.99. The molecule has 1 atom stereocenters. The van der Waals surface area contributed by atoms with Crippen LogP contribution >= 0.6 is 0 Å². The largest absolute Gasteiger partial charge is 0.373 e. The molecule has 1 amide bonds. The van der Waals surface area contributed by atoms with Crippen molar-refractivity contribution < 1.29 is 9.53 Å². The lowest BCUT2D eigenvalue weighted by Gasteiger charge is -2.33. The van der Waals surface area contributed by atoms with Gasteiger partial charge in [0.05, 0.1) is 12.7 Å². The summed E-state index contributed by atoms with van der Waals surface area (Å²) in [6, 6.07) is 3.35. The van der Waals surface area contributed by atoms with Crippen molar-refractivity contribution in [1.82, 2.24) is 10.3 Å². The Morgan fingerprint density at radius 1 is 1.72 bits per heavy atom. The molecule has 0 radical (unpaired) electrons. The normalized spacial score (nSPS) is 19.8. The van der Waals surface area contributed by atoms with Crippen molar-refractivity contribution >= 4 is 11.7 Å². The molecule has 0 aromatic carbocycles. The predicted octanol–water partition coefficient (Wildman–Crippen LogP) is -0.395. The van der Waals surface area contributed by atoms with Gasteiger partial charge in [-0.3, -0.25) is 4.79 Å². The second kappa shape index (κ2) is 5.79. The number of morpholine rings is 1. The van der Waals surface area contributed by atoms with Crippen LogP contribution in [0.5, 0.6) is 0 Å². The lowest BCUT2D eigenvalue weighted by molar-refractivity contribution is 0.0419. The summed E-state index contributed by atoms with van der Waals surface area (Å²) >= 11 is 0. The zero-order valence-corrected chi connectivity index (χ0v) is 10.4. The van der Waals surface area contributed by atoms with E-state index in [9.17, 15) is 4.79 Å². The third-order valence-corrected chi connectivity index (χ3v) is 2.92. The van der Waals surface area contributed by atoms with Crippen molar-refractivity contribution in [2.45, 2.75) is 6.10 Å². The van der Waals surface area contributed by atoms with Crippen LogP contribution in [0.15, 0.2) is 18.3 Å². The van der Waals surface area contributed by atoms with Gasteiger partial charge in [-0.05, 0) is 19.2 Å². The topological polar surface area (TPSA) is 80.5 Å². The second-order valence-electron chi connectivity index (χ2n) is 4.26. The molecule has 18 heavy (non-hydrogen) atoms. The van der Waals surface area contributed by atoms with Crippen LogP contribution in [0.25, 0.3) is 0 Å². The Labute approximate surface area is 106 Å². The van der Waals surface area contributed by atoms with Crippen LogP contribution < -0.4 is 16.0 Å². The highest BCUT2D eigenvalue weighted by atomic mass is 16.5. The predicted molar refractivity (Wildman–Crippen MR) is 68.6 cm³/mol. The Bertz CT molecular complexity index is 422. The number of amides is 1. The number of hydrogen-bond donors (Lipinski definition) is 2. The minimum Gasteiger partial charge on any atom is -0.373 e. The van der Waals surface area contributed by atoms with Crippen molar-refractivity contribution in [2.75, 3.05) is 38.2 Å². The van der Waals surface area contributed by atoms with Gasteiger partial charge < -0.3 is 20.7 Å². The lowest BCUT2D eigenvalue weighted by Crippen LogP contribution is -2.46. The molecule has 1 aliphatic rings. The Morgan fingerprint density at radius 2 is 2.56 bits per heavy atom. The van der Waals surface area contributed by atoms with Crippen LogP contribution in [0.4, 0.5) is 5.82 Å². The van der Waals surface area contributed by atoms with E-state index in [1.807, 2.05) is 7.05 Å². The molecule has 1 aliphatic heterocycles. The van der Waals surface area contributed by atoms with Gasteiger partial charge in [0.15, 0.2) is 0 Å². The molecule has 2 heterocycles. The van der Waals surface area contributed by atoms with Crippen LogP contribution in [0.2, 0.25) is 0 Å². The molecule has 0 aliphatic carbocycles. The number of nitrogens with zero attached hydrogens (tertiary/aromatic N) is 2. The SMILES string of the molecule is CNCC1CN(c2cc(C(N)=O)ccn2)CCO1. The standard InChI is InChI=1S/C12H18N4O2/c1-14-7-10-8-16(4-5-18-10)11-6-9(12(13)17)2-3-15-11/h2-3,6,10,14H,4-5,7-8H2,1H3,(H2,13,17). The number of nitrogens with one attached hydrogen (secondary N) is 1. The fraction of sp³-hybridized carbons (Fsp3) is 0.500. The first-order valence-electron chi connectivity index (χ1n) is 5.97. The van der Waals surface area contributed by atoms with Gasteiger partial charge in [-0.2, -0.15) is 0 Å². The molecular formula is C12H18N4O2. The highest BCUT2D eigenvalue weighted by molar-refractivity contribution is 5.93. The molecule has 6 heteroatoms. The molecule has 1 unspecified atom stereocenters. The average Bonchev–Trinajstić information content (AvgIpc) is 2.39. The molecule has 0 bridgehead atoms. The van der Waals surface area contributed by atoms with Crippen LogP contribution in [-0.2, 0) is 4.74 Å². The van der Waals surface area contributed by atoms with E-state index in [-0.39, 0.29) is 6.10 Å². The number of primary amides is 1. The molecule has 2 rings (SSSR count). The van der Waals surface area contributed by atoms with Gasteiger partial charge in [-0.1, -0.05) is 0 Å². The smallest absolute Gasteiger partial charge is 0.248 e. The van der Waals surface area contributed by atoms with Crippen molar-refractivity contribution in [3.8, 4) is 0 Å². The number of rotatable bonds is 4. The molecule has 98 valence electrons. The molecule has 0 spiro atoms. The molecule has 3 N–H and O–H groups in total. The van der Waals surface area contributed by atoms with E-state index in [4.69, 9.17) is 10.5 Å². The van der Waals surface area contributed by atoms with Crippen molar-refractivity contribution in [1.29, 1.82) is 0 Å². The van der Waals surface area contributed by atoms with Gasteiger partial charge in [-0.25, -0.2) is 4.98 Å². The van der Waals surface area contributed by atoms with Gasteiger partial charge in [0.25, 0.3) is 0 Å². The van der Waals surface area contributed by atoms with Gasteiger partial charge >= 0.3 is 0 Å². The number of carbonyl (C=O) groups is 1. The van der Waals surface area contributed by atoms with E-state index >= 15 is 0 Å². The zero-order valence-electron chi connectivity index (χ0n) is 10.4. The molecule has 6 nitrogen and oxygen atoms in total. The number of anilines is 1. The second-order valence-corrected chi connectivity index (χ2v) is 4.26. The highest BCUT2D eigenvalue weighted by Crippen LogP contribution is 2.16. The number of pyridine rings is 1. The summed E-state index contributed by atoms with van der Waals surface area (Å²) in [4.78, 5) is 17.5. The summed E-state index contributed by atoms with van der Waals surface area (Å²) in [5.74, 6) is 0.342. The number of aromatic nitrogens is 1. The van der Waals surface area contributed by atoms with E-state index in [1.54, 1.807) is 18.3 Å². The van der Waals surface area contributed by atoms with Gasteiger partial charge in [0.1, 0.15) is 5.82 Å². The van der Waals surface area contributed by atoms with E-state index < -0.39 is 5.91 Å². The third kappa shape index (κ3) is 2.96. The molecule has 1 saturated heterocycles. The van der Waals surface area contributed by atoms with E-state index in [2.05, 4.69) is 15.2 Å². The van der Waals surface area contributed by atoms with E-state index in [1.165, 1.54) is 0 Å². The van der Waals surface area contributed by atoms with Crippen LogP contribution in [0.3, 0.4) is 0 Å². The van der Waals surface area contributed by atoms with Crippen molar-refractivity contribution in [3.63, 3.8) is 0 Å². The first-order valence-corrected chi connectivity index (χ1v) is 5.97. The summed E-state index contributed by atoms with van der Waals surface area (Å²) in [5.41, 5.74) is 5.75. The number of ether oxygens (including phenoxy) is 1. The summed E-state index contributed by atoms with van der Waals surface area (Å²) in [6.07, 6.45) is 1.75. The monoisotopic (exact) mass is 250 g/mol. The number of nitrogens with two attached hydrogens (primary N) is 1. The van der Waals surface area contributed by atoms with Crippen LogP contribution in [-0.4, -0.2) is 50.3 Å². The average molecular weight is 250 g/mol. The third-order valence-electron chi connectivity index (χ3n) is 2.92. The number of carbonyl (C=O) groups excluding carboxylic acids is 1. The Morgan fingerprint density at radius 3 is 3.28 bits per heavy atom. The summed E-state index contributed by atoms with van der Waals surface area (Å²) in [5, 5.41) is 3.09. The van der Waals surface area contributed by atoms with Gasteiger partial charge in [0, 0.05) is 31.4 Å². The Balaban J connectivity index is 2.10. The van der Waals surface area contributed by atoms with Gasteiger partial charge in [0.2, 0.25) is 5.91 Å².